The largest absolute Gasteiger partial charge is 0.465 e. The number of hydrogen-bond acceptors (Lipinski definition) is 5. The summed E-state index contributed by atoms with van der Waals surface area (Å²) in [5, 5.41) is 3.59. The summed E-state index contributed by atoms with van der Waals surface area (Å²) in [5.74, 6) is -0.965. The Kier molecular flexibility index (Phi) is 5.70. The second-order valence-corrected chi connectivity index (χ2v) is 6.49. The van der Waals surface area contributed by atoms with Gasteiger partial charge in [0.1, 0.15) is 11.4 Å². The summed E-state index contributed by atoms with van der Waals surface area (Å²) < 4.78 is 19.1. The number of carbonyl (C=O) groups excluding carboxylic acids is 1. The third-order valence-corrected chi connectivity index (χ3v) is 4.30. The number of benzene rings is 1. The molecule has 0 bridgehead atoms. The Hall–Kier alpha value is -3.25. The van der Waals surface area contributed by atoms with Gasteiger partial charge in [0, 0.05) is 40.4 Å². The fourth-order valence-corrected chi connectivity index (χ4v) is 2.83. The van der Waals surface area contributed by atoms with Gasteiger partial charge in [-0.15, -0.1) is 0 Å². The Bertz CT molecular complexity index is 1070. The predicted molar refractivity (Wildman–Crippen MR) is 108 cm³/mol. The lowest BCUT2D eigenvalue weighted by Gasteiger charge is -2.15. The van der Waals surface area contributed by atoms with Crippen molar-refractivity contribution >= 4 is 34.5 Å². The highest BCUT2D eigenvalue weighted by molar-refractivity contribution is 6.30. The second kappa shape index (κ2) is 8.19. The first-order valence-corrected chi connectivity index (χ1v) is 8.69. The number of anilines is 2. The van der Waals surface area contributed by atoms with E-state index in [9.17, 15) is 9.18 Å². The summed E-state index contributed by atoms with van der Waals surface area (Å²) in [4.78, 5) is 20.3. The Balaban J connectivity index is 2.11. The Morgan fingerprint density at radius 2 is 1.96 bits per heavy atom. The molecular weight excluding hydrogens is 381 g/mol. The van der Waals surface area contributed by atoms with E-state index in [-0.39, 0.29) is 11.1 Å². The van der Waals surface area contributed by atoms with Gasteiger partial charge in [0.25, 0.3) is 0 Å². The second-order valence-electron chi connectivity index (χ2n) is 6.06. The zero-order chi connectivity index (χ0) is 20.3. The van der Waals surface area contributed by atoms with Gasteiger partial charge in [-0.2, -0.15) is 0 Å². The van der Waals surface area contributed by atoms with Crippen LogP contribution in [0.15, 0.2) is 55.5 Å². The molecule has 1 aromatic carbocycles. The highest BCUT2D eigenvalue weighted by Gasteiger charge is 2.16. The van der Waals surface area contributed by atoms with Gasteiger partial charge in [-0.25, -0.2) is 9.18 Å². The van der Waals surface area contributed by atoms with Gasteiger partial charge in [0.2, 0.25) is 0 Å². The van der Waals surface area contributed by atoms with Crippen molar-refractivity contribution in [3.8, 4) is 11.3 Å². The van der Waals surface area contributed by atoms with Crippen molar-refractivity contribution in [2.75, 3.05) is 12.4 Å². The van der Waals surface area contributed by atoms with Crippen LogP contribution in [0.3, 0.4) is 0 Å². The molecule has 0 aliphatic heterocycles. The zero-order valence-corrected chi connectivity index (χ0v) is 16.0. The number of nitrogens with one attached hydrogen (secondary N) is 1. The highest BCUT2D eigenvalue weighted by atomic mass is 35.5. The molecule has 0 amide bonds. The monoisotopic (exact) mass is 397 g/mol. The minimum atomic E-state index is -0.525. The van der Waals surface area contributed by atoms with Crippen LogP contribution in [0.25, 0.3) is 16.8 Å². The topological polar surface area (TPSA) is 64.1 Å². The molecule has 0 fully saturated rings. The molecule has 0 radical (unpaired) electrons. The number of allylic oxidation sites excluding steroid dienone is 1. The summed E-state index contributed by atoms with van der Waals surface area (Å²) in [6, 6.07) is 7.60. The average molecular weight is 398 g/mol. The number of rotatable bonds is 5. The number of aromatic nitrogens is 2. The summed E-state index contributed by atoms with van der Waals surface area (Å²) in [7, 11) is 1.30. The minimum absolute atomic E-state index is 0.268. The van der Waals surface area contributed by atoms with Crippen molar-refractivity contribution in [1.29, 1.82) is 0 Å². The average Bonchev–Trinajstić information content (AvgIpc) is 2.69. The first kappa shape index (κ1) is 19.5. The lowest BCUT2D eigenvalue weighted by atomic mass is 10.0. The molecule has 0 unspecified atom stereocenters. The number of halogens is 2. The van der Waals surface area contributed by atoms with Crippen LogP contribution in [0.4, 0.5) is 15.8 Å². The Labute approximate surface area is 166 Å². The predicted octanol–water partition coefficient (Wildman–Crippen LogP) is 5.50. The van der Waals surface area contributed by atoms with Gasteiger partial charge in [0.05, 0.1) is 18.5 Å². The van der Waals surface area contributed by atoms with Crippen LogP contribution in [0, 0.1) is 5.82 Å². The minimum Gasteiger partial charge on any atom is -0.465 e. The molecule has 0 aliphatic carbocycles. The molecular formula is C21H17ClFN3O2. The molecule has 2 heterocycles. The molecule has 28 heavy (non-hydrogen) atoms. The van der Waals surface area contributed by atoms with Gasteiger partial charge in [-0.1, -0.05) is 18.2 Å². The normalized spacial score (nSPS) is 10.4. The van der Waals surface area contributed by atoms with Crippen molar-refractivity contribution in [2.45, 2.75) is 6.92 Å². The van der Waals surface area contributed by atoms with Crippen LogP contribution >= 0.6 is 11.6 Å². The van der Waals surface area contributed by atoms with E-state index >= 15 is 0 Å². The van der Waals surface area contributed by atoms with Gasteiger partial charge in [-0.05, 0) is 42.8 Å². The molecule has 0 saturated carbocycles. The number of carbonyl (C=O) groups is 1. The quantitative estimate of drug-likeness (QED) is 0.576. The summed E-state index contributed by atoms with van der Waals surface area (Å²) in [6.07, 6.45) is 4.56. The number of hydrogen-bond donors (Lipinski definition) is 1. The number of pyridine rings is 2. The third kappa shape index (κ3) is 4.02. The SMILES string of the molecule is C=C(C)c1cnc(-c2cc(Cl)ccc2F)cc1Nc1ccncc1C(=O)OC. The molecule has 0 aliphatic rings. The van der Waals surface area contributed by atoms with Gasteiger partial charge < -0.3 is 10.1 Å². The number of ether oxygens (including phenoxy) is 1. The van der Waals surface area contributed by atoms with E-state index in [0.717, 1.165) is 11.1 Å². The van der Waals surface area contributed by atoms with Crippen LogP contribution in [0.2, 0.25) is 5.02 Å². The molecule has 1 N–H and O–H groups in total. The molecule has 5 nitrogen and oxygen atoms in total. The number of esters is 1. The van der Waals surface area contributed by atoms with Crippen molar-refractivity contribution in [1.82, 2.24) is 9.97 Å². The Morgan fingerprint density at radius 1 is 1.18 bits per heavy atom. The fourth-order valence-electron chi connectivity index (χ4n) is 2.66. The van der Waals surface area contributed by atoms with E-state index in [1.54, 1.807) is 24.5 Å². The van der Waals surface area contributed by atoms with E-state index in [1.165, 1.54) is 31.5 Å². The zero-order valence-electron chi connectivity index (χ0n) is 15.3. The van der Waals surface area contributed by atoms with Crippen LogP contribution < -0.4 is 5.32 Å². The lowest BCUT2D eigenvalue weighted by Crippen LogP contribution is -2.07. The van der Waals surface area contributed by atoms with Gasteiger partial charge in [-0.3, -0.25) is 9.97 Å². The van der Waals surface area contributed by atoms with E-state index in [2.05, 4.69) is 21.9 Å². The number of nitrogens with zero attached hydrogens (tertiary/aromatic N) is 2. The summed E-state index contributed by atoms with van der Waals surface area (Å²) >= 11 is 6.01. The van der Waals surface area contributed by atoms with Crippen molar-refractivity contribution in [3.05, 3.63) is 77.5 Å². The van der Waals surface area contributed by atoms with E-state index < -0.39 is 11.8 Å². The molecule has 3 rings (SSSR count). The first-order valence-electron chi connectivity index (χ1n) is 8.31. The molecule has 142 valence electrons. The lowest BCUT2D eigenvalue weighted by molar-refractivity contribution is 0.0601. The van der Waals surface area contributed by atoms with Crippen LogP contribution in [-0.2, 0) is 4.74 Å². The molecule has 3 aromatic rings. The van der Waals surface area contributed by atoms with E-state index in [0.29, 0.717) is 22.1 Å². The molecule has 2 aromatic heterocycles. The third-order valence-electron chi connectivity index (χ3n) is 4.06. The van der Waals surface area contributed by atoms with Crippen LogP contribution in [0.5, 0.6) is 0 Å². The molecule has 0 saturated heterocycles. The summed E-state index contributed by atoms with van der Waals surface area (Å²) in [6.45, 7) is 5.79. The highest BCUT2D eigenvalue weighted by Crippen LogP contribution is 2.32. The first-order chi connectivity index (χ1) is 13.4. The molecule has 7 heteroatoms. The fraction of sp³-hybridized carbons (Fsp3) is 0.0952. The van der Waals surface area contributed by atoms with Crippen molar-refractivity contribution < 1.29 is 13.9 Å². The van der Waals surface area contributed by atoms with E-state index in [4.69, 9.17) is 16.3 Å². The maximum Gasteiger partial charge on any atom is 0.341 e. The standard InChI is InChI=1S/C21H17ClFN3O2/c1-12(2)15-11-25-19(14-8-13(22)4-5-17(14)23)9-20(15)26-18-6-7-24-10-16(18)21(27)28-3/h4-11H,1H2,2-3H3,(H,24,25,26). The van der Waals surface area contributed by atoms with E-state index in [1.807, 2.05) is 6.92 Å². The maximum atomic E-state index is 14.3. The summed E-state index contributed by atoms with van der Waals surface area (Å²) in [5.41, 5.74) is 3.50. The van der Waals surface area contributed by atoms with Crippen molar-refractivity contribution in [2.24, 2.45) is 0 Å². The molecule has 0 atom stereocenters. The smallest absolute Gasteiger partial charge is 0.341 e. The van der Waals surface area contributed by atoms with Crippen LogP contribution in [-0.4, -0.2) is 23.0 Å². The van der Waals surface area contributed by atoms with Crippen LogP contribution in [0.1, 0.15) is 22.8 Å². The van der Waals surface area contributed by atoms with Crippen molar-refractivity contribution in [3.63, 3.8) is 0 Å². The van der Waals surface area contributed by atoms with Gasteiger partial charge >= 0.3 is 5.97 Å². The Morgan fingerprint density at radius 3 is 2.68 bits per heavy atom. The maximum absolute atomic E-state index is 14.3. The molecule has 0 spiro atoms. The number of methoxy groups -OCH3 is 1. The van der Waals surface area contributed by atoms with Gasteiger partial charge in [0.15, 0.2) is 0 Å².